The quantitative estimate of drug-likeness (QED) is 0.793. The van der Waals surface area contributed by atoms with E-state index in [1.54, 1.807) is 0 Å². The van der Waals surface area contributed by atoms with Gasteiger partial charge in [0.25, 0.3) is 0 Å². The van der Waals surface area contributed by atoms with Gasteiger partial charge in [-0.3, -0.25) is 9.69 Å². The minimum Gasteiger partial charge on any atom is -0.358 e. The number of carbonyl (C=O) groups excluding carboxylic acids is 2. The van der Waals surface area contributed by atoms with Crippen LogP contribution in [0.2, 0.25) is 0 Å². The van der Waals surface area contributed by atoms with E-state index in [-0.39, 0.29) is 0 Å². The van der Waals surface area contributed by atoms with Gasteiger partial charge >= 0.3 is 0 Å². The normalized spacial score (nSPS) is 19.0. The Bertz CT molecular complexity index is 682. The molecule has 1 aliphatic rings. The zero-order chi connectivity index (χ0) is 18.3. The molecule has 1 aromatic carbocycles. The van der Waals surface area contributed by atoms with Crippen LogP contribution in [-0.2, 0) is 16.1 Å². The first-order chi connectivity index (χ1) is 12.1. The summed E-state index contributed by atoms with van der Waals surface area (Å²) >= 11 is 0. The van der Waals surface area contributed by atoms with Gasteiger partial charge in [-0.25, -0.2) is 0 Å². The molecule has 25 heavy (non-hydrogen) atoms. The Morgan fingerprint density at radius 3 is 2.40 bits per heavy atom. The van der Waals surface area contributed by atoms with Crippen LogP contribution < -0.4 is 5.32 Å². The number of carbonyl (C=O) groups is 2. The van der Waals surface area contributed by atoms with E-state index >= 15 is 0 Å². The zero-order valence-corrected chi connectivity index (χ0v) is 14.3. The van der Waals surface area contributed by atoms with Gasteiger partial charge in [-0.05, 0) is 31.5 Å². The molecule has 1 aromatic rings. The minimum atomic E-state index is -1.01. The molecule has 1 heterocycles. The van der Waals surface area contributed by atoms with Gasteiger partial charge in [0.1, 0.15) is 18.1 Å². The Labute approximate surface area is 148 Å². The fourth-order valence-corrected chi connectivity index (χ4v) is 3.64. The fraction of sp³-hybridized carbons (Fsp3) is 0.474. The monoisotopic (exact) mass is 338 g/mol. The Balaban J connectivity index is 2.20. The van der Waals surface area contributed by atoms with E-state index in [1.807, 2.05) is 42.5 Å². The van der Waals surface area contributed by atoms with Gasteiger partial charge in [0, 0.05) is 19.0 Å². The van der Waals surface area contributed by atoms with E-state index in [9.17, 15) is 20.1 Å². The van der Waals surface area contributed by atoms with Gasteiger partial charge in [-0.1, -0.05) is 30.3 Å². The summed E-state index contributed by atoms with van der Waals surface area (Å²) in [7, 11) is 1.47. The van der Waals surface area contributed by atoms with Crippen LogP contribution in [0.3, 0.4) is 0 Å². The van der Waals surface area contributed by atoms with Crippen LogP contribution in [0.4, 0.5) is 0 Å². The molecule has 6 nitrogen and oxygen atoms in total. The van der Waals surface area contributed by atoms with Crippen LogP contribution in [0, 0.1) is 39.9 Å². The third-order valence-corrected chi connectivity index (χ3v) is 5.14. The average molecular weight is 338 g/mol. The van der Waals surface area contributed by atoms with E-state index < -0.39 is 23.2 Å². The van der Waals surface area contributed by atoms with E-state index in [2.05, 4.69) is 10.2 Å². The largest absolute Gasteiger partial charge is 0.358 e. The lowest BCUT2D eigenvalue weighted by atomic mass is 9.61. The fourth-order valence-electron chi connectivity index (χ4n) is 3.64. The maximum atomic E-state index is 12.2. The first kappa shape index (κ1) is 18.6. The number of rotatable bonds is 6. The second-order valence-corrected chi connectivity index (χ2v) is 6.41. The summed E-state index contributed by atoms with van der Waals surface area (Å²) in [6.07, 6.45) is 1.50. The molecule has 2 rings (SSSR count). The maximum Gasteiger partial charge on any atom is 0.237 e. The molecule has 1 N–H and O–H groups in total. The van der Waals surface area contributed by atoms with Gasteiger partial charge < -0.3 is 10.1 Å². The minimum absolute atomic E-state index is 0.430. The van der Waals surface area contributed by atoms with Crippen LogP contribution >= 0.6 is 0 Å². The molecule has 1 saturated heterocycles. The summed E-state index contributed by atoms with van der Waals surface area (Å²) in [4.78, 5) is 25.9. The number of hydrogen-bond acceptors (Lipinski definition) is 5. The second kappa shape index (κ2) is 8.41. The lowest BCUT2D eigenvalue weighted by molar-refractivity contribution is -0.130. The van der Waals surface area contributed by atoms with Crippen molar-refractivity contribution in [3.63, 3.8) is 0 Å². The molecule has 0 saturated carbocycles. The Hall–Kier alpha value is -2.70. The lowest BCUT2D eigenvalue weighted by Crippen LogP contribution is -2.51. The maximum absolute atomic E-state index is 12.2. The summed E-state index contributed by atoms with van der Waals surface area (Å²) < 4.78 is 0. The topological polar surface area (TPSA) is 97.0 Å². The van der Waals surface area contributed by atoms with Gasteiger partial charge in [-0.15, -0.1) is 0 Å². The highest BCUT2D eigenvalue weighted by Crippen LogP contribution is 2.45. The lowest BCUT2D eigenvalue weighted by Gasteiger charge is -2.44. The molecule has 0 spiro atoms. The van der Waals surface area contributed by atoms with Gasteiger partial charge in [-0.2, -0.15) is 10.5 Å². The van der Waals surface area contributed by atoms with Crippen LogP contribution in [0.5, 0.6) is 0 Å². The van der Waals surface area contributed by atoms with Crippen LogP contribution in [0.1, 0.15) is 18.4 Å². The zero-order valence-electron chi connectivity index (χ0n) is 14.3. The summed E-state index contributed by atoms with van der Waals surface area (Å²) in [5, 5.41) is 21.4. The number of likely N-dealkylation sites (tertiary alicyclic amines) is 1. The number of piperidine rings is 1. The predicted molar refractivity (Wildman–Crippen MR) is 91.7 cm³/mol. The standard InChI is InChI=1S/C19H22N4O2/c1-22-18(25)17(12-21)19(16(11-20)14-24)7-9-23(10-8-19)13-15-5-3-2-4-6-15/h2-6,14,16-17H,7-10,13H2,1H3,(H,22,25). The van der Waals surface area contributed by atoms with E-state index in [1.165, 1.54) is 12.6 Å². The number of nitrogens with zero attached hydrogens (tertiary/aromatic N) is 3. The molecule has 1 fully saturated rings. The summed E-state index contributed by atoms with van der Waals surface area (Å²) in [6.45, 7) is 2.04. The number of amides is 1. The third kappa shape index (κ3) is 3.87. The van der Waals surface area contributed by atoms with Crippen molar-refractivity contribution in [2.75, 3.05) is 20.1 Å². The van der Waals surface area contributed by atoms with Crippen molar-refractivity contribution >= 4 is 12.2 Å². The van der Waals surface area contributed by atoms with Crippen molar-refractivity contribution in [3.05, 3.63) is 35.9 Å². The highest BCUT2D eigenvalue weighted by atomic mass is 16.1. The molecule has 130 valence electrons. The van der Waals surface area contributed by atoms with E-state index in [0.717, 1.165) is 6.54 Å². The average Bonchev–Trinajstić information content (AvgIpc) is 2.65. The van der Waals surface area contributed by atoms with Gasteiger partial charge in [0.05, 0.1) is 12.1 Å². The molecule has 1 amide bonds. The Morgan fingerprint density at radius 1 is 1.28 bits per heavy atom. The van der Waals surface area contributed by atoms with Crippen molar-refractivity contribution in [1.82, 2.24) is 10.2 Å². The van der Waals surface area contributed by atoms with Crippen molar-refractivity contribution in [1.29, 1.82) is 10.5 Å². The van der Waals surface area contributed by atoms with Crippen LogP contribution in [0.15, 0.2) is 30.3 Å². The highest BCUT2D eigenvalue weighted by molar-refractivity contribution is 5.82. The molecule has 6 heteroatoms. The smallest absolute Gasteiger partial charge is 0.237 e. The molecule has 0 radical (unpaired) electrons. The molecule has 0 aliphatic carbocycles. The third-order valence-electron chi connectivity index (χ3n) is 5.14. The van der Waals surface area contributed by atoms with E-state index in [4.69, 9.17) is 0 Å². The van der Waals surface area contributed by atoms with Crippen molar-refractivity contribution in [2.24, 2.45) is 17.3 Å². The molecule has 2 unspecified atom stereocenters. The molecule has 0 aromatic heterocycles. The Kier molecular flexibility index (Phi) is 6.27. The number of nitriles is 2. The van der Waals surface area contributed by atoms with Gasteiger partial charge in [0.15, 0.2) is 0 Å². The highest BCUT2D eigenvalue weighted by Gasteiger charge is 2.50. The first-order valence-electron chi connectivity index (χ1n) is 8.33. The summed E-state index contributed by atoms with van der Waals surface area (Å²) in [6, 6.07) is 14.1. The molecular weight excluding hydrogens is 316 g/mol. The number of hydrogen-bond donors (Lipinski definition) is 1. The van der Waals surface area contributed by atoms with Crippen LogP contribution in [0.25, 0.3) is 0 Å². The van der Waals surface area contributed by atoms with Crippen molar-refractivity contribution in [2.45, 2.75) is 19.4 Å². The van der Waals surface area contributed by atoms with Crippen LogP contribution in [-0.4, -0.2) is 37.2 Å². The summed E-state index contributed by atoms with van der Waals surface area (Å²) in [5.41, 5.74) is 0.254. The number of benzene rings is 1. The SMILES string of the molecule is CNC(=O)C(C#N)C1(C(C#N)C=O)CCN(Cc2ccccc2)CC1. The van der Waals surface area contributed by atoms with Crippen molar-refractivity contribution in [3.8, 4) is 12.1 Å². The Morgan fingerprint density at radius 2 is 1.92 bits per heavy atom. The molecule has 0 bridgehead atoms. The number of aldehydes is 1. The van der Waals surface area contributed by atoms with E-state index in [0.29, 0.717) is 32.2 Å². The predicted octanol–water partition coefficient (Wildman–Crippen LogP) is 1.49. The summed E-state index contributed by atoms with van der Waals surface area (Å²) in [5.74, 6) is -2.40. The first-order valence-corrected chi connectivity index (χ1v) is 8.33. The molecule has 1 aliphatic heterocycles. The van der Waals surface area contributed by atoms with Gasteiger partial charge in [0.2, 0.25) is 5.91 Å². The van der Waals surface area contributed by atoms with Crippen molar-refractivity contribution < 1.29 is 9.59 Å². The molecular formula is C19H22N4O2. The molecule has 2 atom stereocenters. The number of nitrogens with one attached hydrogen (secondary N) is 1. The second-order valence-electron chi connectivity index (χ2n) is 6.41.